The number of benzene rings is 1. The van der Waals surface area contributed by atoms with E-state index in [0.29, 0.717) is 10.9 Å². The lowest BCUT2D eigenvalue weighted by Gasteiger charge is -2.08. The SMILES string of the molecule is Cc1cc2c(Nc3ccc(S(=O)(=O)Nc4nccs4)cc3)ncnc2s1. The third-order valence-electron chi connectivity index (χ3n) is 3.53. The Labute approximate surface area is 157 Å². The summed E-state index contributed by atoms with van der Waals surface area (Å²) in [5, 5.41) is 6.20. The fourth-order valence-corrected chi connectivity index (χ4v) is 5.01. The number of thiophene rings is 1. The van der Waals surface area contributed by atoms with Gasteiger partial charge in [0, 0.05) is 22.1 Å². The number of rotatable bonds is 5. The molecule has 0 atom stereocenters. The summed E-state index contributed by atoms with van der Waals surface area (Å²) in [6.45, 7) is 2.02. The first-order valence-corrected chi connectivity index (χ1v) is 10.7. The topological polar surface area (TPSA) is 96.9 Å². The number of aromatic nitrogens is 3. The molecule has 0 saturated carbocycles. The minimum absolute atomic E-state index is 0.164. The highest BCUT2D eigenvalue weighted by molar-refractivity contribution is 7.93. The van der Waals surface area contributed by atoms with Crippen LogP contribution in [-0.2, 0) is 10.0 Å². The average Bonchev–Trinajstić information content (AvgIpc) is 3.24. The predicted octanol–water partition coefficient (Wildman–Crippen LogP) is 4.00. The first-order chi connectivity index (χ1) is 12.5. The van der Waals surface area contributed by atoms with Crippen LogP contribution in [0.4, 0.5) is 16.6 Å². The molecule has 1 aromatic carbocycles. The van der Waals surface area contributed by atoms with E-state index in [1.807, 2.05) is 13.0 Å². The molecular formula is C16H13N5O2S3. The number of thiazole rings is 1. The molecule has 0 amide bonds. The Bertz CT molecular complexity index is 1150. The minimum Gasteiger partial charge on any atom is -0.340 e. The molecule has 4 rings (SSSR count). The maximum Gasteiger partial charge on any atom is 0.263 e. The van der Waals surface area contributed by atoms with Crippen LogP contribution in [0.3, 0.4) is 0 Å². The van der Waals surface area contributed by atoms with Crippen LogP contribution in [0.1, 0.15) is 4.88 Å². The van der Waals surface area contributed by atoms with Gasteiger partial charge >= 0.3 is 0 Å². The second-order valence-corrected chi connectivity index (χ2v) is 9.20. The van der Waals surface area contributed by atoms with Crippen molar-refractivity contribution in [3.63, 3.8) is 0 Å². The van der Waals surface area contributed by atoms with Gasteiger partial charge < -0.3 is 5.32 Å². The van der Waals surface area contributed by atoms with Gasteiger partial charge in [-0.05, 0) is 37.3 Å². The highest BCUT2D eigenvalue weighted by Gasteiger charge is 2.15. The zero-order chi connectivity index (χ0) is 18.1. The van der Waals surface area contributed by atoms with Crippen molar-refractivity contribution in [1.29, 1.82) is 0 Å². The van der Waals surface area contributed by atoms with Crippen LogP contribution in [-0.4, -0.2) is 23.4 Å². The van der Waals surface area contributed by atoms with Crippen LogP contribution in [0.15, 0.2) is 53.1 Å². The summed E-state index contributed by atoms with van der Waals surface area (Å²) in [7, 11) is -3.66. The van der Waals surface area contributed by atoms with Crippen LogP contribution >= 0.6 is 22.7 Å². The molecular weight excluding hydrogens is 390 g/mol. The summed E-state index contributed by atoms with van der Waals surface area (Å²) in [6, 6.07) is 8.50. The molecule has 3 heterocycles. The van der Waals surface area contributed by atoms with Gasteiger partial charge in [-0.1, -0.05) is 0 Å². The van der Waals surface area contributed by atoms with E-state index >= 15 is 0 Å². The van der Waals surface area contributed by atoms with Gasteiger partial charge in [-0.2, -0.15) is 0 Å². The molecule has 0 aliphatic rings. The number of nitrogens with one attached hydrogen (secondary N) is 2. The van der Waals surface area contributed by atoms with E-state index in [1.165, 1.54) is 29.8 Å². The van der Waals surface area contributed by atoms with Gasteiger partial charge in [0.25, 0.3) is 10.0 Å². The molecule has 0 bridgehead atoms. The van der Waals surface area contributed by atoms with Gasteiger partial charge in [-0.25, -0.2) is 23.4 Å². The molecule has 0 aliphatic heterocycles. The van der Waals surface area contributed by atoms with Gasteiger partial charge in [-0.15, -0.1) is 22.7 Å². The van der Waals surface area contributed by atoms with Gasteiger partial charge in [0.05, 0.1) is 10.3 Å². The number of sulfonamides is 1. The van der Waals surface area contributed by atoms with Crippen molar-refractivity contribution in [1.82, 2.24) is 15.0 Å². The van der Waals surface area contributed by atoms with E-state index in [-0.39, 0.29) is 4.90 Å². The van der Waals surface area contributed by atoms with E-state index in [1.54, 1.807) is 35.0 Å². The number of anilines is 3. The number of nitrogens with zero attached hydrogens (tertiary/aromatic N) is 3. The minimum atomic E-state index is -3.66. The summed E-state index contributed by atoms with van der Waals surface area (Å²) in [5.74, 6) is 0.691. The van der Waals surface area contributed by atoms with Crippen molar-refractivity contribution >= 4 is 59.6 Å². The van der Waals surface area contributed by atoms with Gasteiger partial charge in [0.2, 0.25) is 0 Å². The molecule has 0 spiro atoms. The quantitative estimate of drug-likeness (QED) is 0.523. The summed E-state index contributed by atoms with van der Waals surface area (Å²) in [6.07, 6.45) is 3.06. The van der Waals surface area contributed by atoms with Crippen LogP contribution in [0.25, 0.3) is 10.2 Å². The van der Waals surface area contributed by atoms with E-state index in [9.17, 15) is 8.42 Å². The van der Waals surface area contributed by atoms with Crippen molar-refractivity contribution < 1.29 is 8.42 Å². The average molecular weight is 404 g/mol. The van der Waals surface area contributed by atoms with Crippen LogP contribution in [0, 0.1) is 6.92 Å². The first-order valence-electron chi connectivity index (χ1n) is 7.52. The molecule has 0 radical (unpaired) electrons. The van der Waals surface area contributed by atoms with Crippen molar-refractivity contribution in [2.75, 3.05) is 10.0 Å². The van der Waals surface area contributed by atoms with Gasteiger partial charge in [0.1, 0.15) is 17.0 Å². The monoisotopic (exact) mass is 403 g/mol. The van der Waals surface area contributed by atoms with Gasteiger partial charge in [0.15, 0.2) is 5.13 Å². The Morgan fingerprint density at radius 2 is 1.88 bits per heavy atom. The van der Waals surface area contributed by atoms with Crippen molar-refractivity contribution in [3.05, 3.63) is 53.1 Å². The highest BCUT2D eigenvalue weighted by atomic mass is 32.2. The van der Waals surface area contributed by atoms with Crippen molar-refractivity contribution in [3.8, 4) is 0 Å². The van der Waals surface area contributed by atoms with Crippen LogP contribution < -0.4 is 10.0 Å². The molecule has 0 aliphatic carbocycles. The molecule has 10 heteroatoms. The second kappa shape index (κ2) is 6.63. The molecule has 0 fully saturated rings. The van der Waals surface area contributed by atoms with E-state index in [4.69, 9.17) is 0 Å². The predicted molar refractivity (Wildman–Crippen MR) is 105 cm³/mol. The first kappa shape index (κ1) is 16.9. The summed E-state index contributed by atoms with van der Waals surface area (Å²) < 4.78 is 27.2. The number of hydrogen-bond donors (Lipinski definition) is 2. The number of fused-ring (bicyclic) bond motifs is 1. The normalized spacial score (nSPS) is 11.6. The molecule has 2 N–H and O–H groups in total. The second-order valence-electron chi connectivity index (χ2n) is 5.39. The summed E-state index contributed by atoms with van der Waals surface area (Å²) in [4.78, 5) is 14.7. The maximum absolute atomic E-state index is 12.4. The third-order valence-corrected chi connectivity index (χ3v) is 6.67. The number of aryl methyl sites for hydroxylation is 1. The van der Waals surface area contributed by atoms with Crippen molar-refractivity contribution in [2.45, 2.75) is 11.8 Å². The van der Waals surface area contributed by atoms with E-state index < -0.39 is 10.0 Å². The molecule has 7 nitrogen and oxygen atoms in total. The van der Waals surface area contributed by atoms with Crippen LogP contribution in [0.5, 0.6) is 0 Å². The molecule has 4 aromatic rings. The van der Waals surface area contributed by atoms with E-state index in [2.05, 4.69) is 25.0 Å². The lowest BCUT2D eigenvalue weighted by Crippen LogP contribution is -2.12. The van der Waals surface area contributed by atoms with Crippen LogP contribution in [0.2, 0.25) is 0 Å². The lowest BCUT2D eigenvalue weighted by atomic mass is 10.3. The Morgan fingerprint density at radius 3 is 2.62 bits per heavy atom. The molecule has 0 saturated heterocycles. The Hall–Kier alpha value is -2.56. The molecule has 132 valence electrons. The van der Waals surface area contributed by atoms with Crippen molar-refractivity contribution in [2.24, 2.45) is 0 Å². The Morgan fingerprint density at radius 1 is 1.08 bits per heavy atom. The smallest absolute Gasteiger partial charge is 0.263 e. The highest BCUT2D eigenvalue weighted by Crippen LogP contribution is 2.29. The molecule has 26 heavy (non-hydrogen) atoms. The fraction of sp³-hybridized carbons (Fsp3) is 0.0625. The zero-order valence-corrected chi connectivity index (χ0v) is 16.0. The Balaban J connectivity index is 1.58. The standard InChI is InChI=1S/C16H13N5O2S3/c1-10-8-13-14(18-9-19-15(13)25-10)20-11-2-4-12(5-3-11)26(22,23)21-16-17-6-7-24-16/h2-9H,1H3,(H,17,21)(H,18,19,20). The fourth-order valence-electron chi connectivity index (χ4n) is 2.38. The molecule has 3 aromatic heterocycles. The Kier molecular flexibility index (Phi) is 4.31. The van der Waals surface area contributed by atoms with E-state index in [0.717, 1.165) is 20.8 Å². The maximum atomic E-state index is 12.4. The lowest BCUT2D eigenvalue weighted by molar-refractivity contribution is 0.601. The molecule has 0 unspecified atom stereocenters. The largest absolute Gasteiger partial charge is 0.340 e. The van der Waals surface area contributed by atoms with Gasteiger partial charge in [-0.3, -0.25) is 4.72 Å². The zero-order valence-electron chi connectivity index (χ0n) is 13.5. The number of hydrogen-bond acceptors (Lipinski definition) is 8. The summed E-state index contributed by atoms with van der Waals surface area (Å²) >= 11 is 2.83. The summed E-state index contributed by atoms with van der Waals surface area (Å²) in [5.41, 5.74) is 0.738. The third kappa shape index (κ3) is 3.39.